The molecule has 0 spiro atoms. The number of hydrogen-bond donors (Lipinski definition) is 0. The summed E-state index contributed by atoms with van der Waals surface area (Å²) < 4.78 is 10.2. The van der Waals surface area contributed by atoms with Gasteiger partial charge in [-0.15, -0.1) is 0 Å². The molecule has 0 N–H and O–H groups in total. The van der Waals surface area contributed by atoms with Crippen molar-refractivity contribution in [3.63, 3.8) is 0 Å². The lowest BCUT2D eigenvalue weighted by molar-refractivity contribution is 0.110. The Labute approximate surface area is 134 Å². The number of hydrogen-bond acceptors (Lipinski definition) is 4. The first kappa shape index (κ1) is 15.8. The van der Waals surface area contributed by atoms with Crippen LogP contribution in [-0.4, -0.2) is 24.8 Å². The summed E-state index contributed by atoms with van der Waals surface area (Å²) in [7, 11) is 4.85. The Balaban J connectivity index is 2.01. The van der Waals surface area contributed by atoms with E-state index in [9.17, 15) is 9.59 Å². The number of ether oxygens (including phenoxy) is 1. The molecule has 0 amide bonds. The van der Waals surface area contributed by atoms with Gasteiger partial charge in [0.25, 0.3) is 11.6 Å². The molecular formula is C16H24N4O3. The first-order valence-electron chi connectivity index (χ1n) is 8.21. The SMILES string of the molecule is C[C@@H](Oc1nc2c(c(=O)n(C)c(=O)n2C)n1C)C1CCCCC1. The Morgan fingerprint density at radius 2 is 1.70 bits per heavy atom. The fourth-order valence-corrected chi connectivity index (χ4v) is 3.47. The topological polar surface area (TPSA) is 71.1 Å². The molecule has 7 heteroatoms. The molecule has 3 rings (SSSR count). The minimum atomic E-state index is -0.382. The average Bonchev–Trinajstić information content (AvgIpc) is 2.88. The molecule has 0 aliphatic heterocycles. The largest absolute Gasteiger partial charge is 0.461 e. The van der Waals surface area contributed by atoms with E-state index in [1.54, 1.807) is 18.7 Å². The van der Waals surface area contributed by atoms with E-state index in [0.29, 0.717) is 23.1 Å². The van der Waals surface area contributed by atoms with Crippen molar-refractivity contribution in [2.75, 3.05) is 0 Å². The highest BCUT2D eigenvalue weighted by atomic mass is 16.5. The van der Waals surface area contributed by atoms with Crippen LogP contribution in [0.1, 0.15) is 39.0 Å². The van der Waals surface area contributed by atoms with Gasteiger partial charge in [-0.1, -0.05) is 19.3 Å². The lowest BCUT2D eigenvalue weighted by atomic mass is 9.86. The lowest BCUT2D eigenvalue weighted by Gasteiger charge is -2.27. The predicted molar refractivity (Wildman–Crippen MR) is 87.9 cm³/mol. The molecule has 1 atom stereocenters. The number of rotatable bonds is 3. The van der Waals surface area contributed by atoms with Crippen LogP contribution in [0.4, 0.5) is 0 Å². The van der Waals surface area contributed by atoms with Crippen molar-refractivity contribution in [3.8, 4) is 6.01 Å². The number of imidazole rings is 1. The monoisotopic (exact) mass is 320 g/mol. The highest BCUT2D eigenvalue weighted by Gasteiger charge is 2.24. The fraction of sp³-hybridized carbons (Fsp3) is 0.688. The third-order valence-electron chi connectivity index (χ3n) is 5.04. The molecule has 0 aromatic carbocycles. The number of aromatic nitrogens is 4. The Kier molecular flexibility index (Phi) is 4.04. The average molecular weight is 320 g/mol. The van der Waals surface area contributed by atoms with E-state index in [2.05, 4.69) is 11.9 Å². The van der Waals surface area contributed by atoms with Crippen molar-refractivity contribution >= 4 is 11.2 Å². The van der Waals surface area contributed by atoms with Crippen LogP contribution in [0.3, 0.4) is 0 Å². The van der Waals surface area contributed by atoms with Crippen LogP contribution in [0.15, 0.2) is 9.59 Å². The van der Waals surface area contributed by atoms with Gasteiger partial charge in [0.2, 0.25) is 0 Å². The lowest BCUT2D eigenvalue weighted by Crippen LogP contribution is -2.37. The maximum atomic E-state index is 12.4. The van der Waals surface area contributed by atoms with E-state index in [4.69, 9.17) is 4.74 Å². The molecule has 2 heterocycles. The molecule has 0 bridgehead atoms. The molecular weight excluding hydrogens is 296 g/mol. The standard InChI is InChI=1S/C16H24N4O3/c1-10(11-8-6-5-7-9-11)23-15-17-13-12(18(15)2)14(21)20(4)16(22)19(13)3/h10-11H,5-9H2,1-4H3/t10-/m1/s1. The molecule has 126 valence electrons. The molecule has 0 radical (unpaired) electrons. The molecule has 0 saturated heterocycles. The molecule has 1 saturated carbocycles. The van der Waals surface area contributed by atoms with Crippen LogP contribution in [0.5, 0.6) is 6.01 Å². The zero-order valence-electron chi connectivity index (χ0n) is 14.2. The highest BCUT2D eigenvalue weighted by molar-refractivity contribution is 5.71. The van der Waals surface area contributed by atoms with Gasteiger partial charge in [0.15, 0.2) is 11.2 Å². The van der Waals surface area contributed by atoms with Gasteiger partial charge in [0, 0.05) is 21.1 Å². The summed E-state index contributed by atoms with van der Waals surface area (Å²) in [6, 6.07) is 0.399. The third-order valence-corrected chi connectivity index (χ3v) is 5.04. The molecule has 7 nitrogen and oxygen atoms in total. The highest BCUT2D eigenvalue weighted by Crippen LogP contribution is 2.29. The molecule has 2 aromatic heterocycles. The quantitative estimate of drug-likeness (QED) is 0.855. The first-order valence-corrected chi connectivity index (χ1v) is 8.21. The molecule has 1 aliphatic rings. The van der Waals surface area contributed by atoms with Crippen LogP contribution < -0.4 is 16.0 Å². The van der Waals surface area contributed by atoms with Crippen molar-refractivity contribution < 1.29 is 4.74 Å². The Morgan fingerprint density at radius 3 is 2.35 bits per heavy atom. The van der Waals surface area contributed by atoms with Crippen LogP contribution in [0, 0.1) is 5.92 Å². The van der Waals surface area contributed by atoms with Gasteiger partial charge in [-0.25, -0.2) is 4.79 Å². The molecule has 1 aliphatic carbocycles. The second-order valence-electron chi connectivity index (χ2n) is 6.55. The van der Waals surface area contributed by atoms with Crippen LogP contribution >= 0.6 is 0 Å². The summed E-state index contributed by atoms with van der Waals surface area (Å²) in [4.78, 5) is 28.8. The van der Waals surface area contributed by atoms with Crippen molar-refractivity contribution in [3.05, 3.63) is 20.8 Å². The Morgan fingerprint density at radius 1 is 1.04 bits per heavy atom. The molecule has 23 heavy (non-hydrogen) atoms. The number of fused-ring (bicyclic) bond motifs is 1. The van der Waals surface area contributed by atoms with E-state index < -0.39 is 0 Å². The maximum Gasteiger partial charge on any atom is 0.332 e. The summed E-state index contributed by atoms with van der Waals surface area (Å²) in [5.41, 5.74) is 0.0256. The minimum Gasteiger partial charge on any atom is -0.461 e. The van der Waals surface area contributed by atoms with Gasteiger partial charge in [-0.05, 0) is 25.7 Å². The molecule has 0 unspecified atom stereocenters. The van der Waals surface area contributed by atoms with Crippen molar-refractivity contribution in [2.45, 2.75) is 45.1 Å². The van der Waals surface area contributed by atoms with Gasteiger partial charge < -0.3 is 4.74 Å². The van der Waals surface area contributed by atoms with Crippen LogP contribution in [0.25, 0.3) is 11.2 Å². The van der Waals surface area contributed by atoms with Gasteiger partial charge in [-0.3, -0.25) is 18.5 Å². The van der Waals surface area contributed by atoms with E-state index in [-0.39, 0.29) is 17.4 Å². The van der Waals surface area contributed by atoms with E-state index >= 15 is 0 Å². The van der Waals surface area contributed by atoms with Crippen molar-refractivity contribution in [1.82, 2.24) is 18.7 Å². The Bertz CT molecular complexity index is 840. The van der Waals surface area contributed by atoms with E-state index in [0.717, 1.165) is 4.57 Å². The zero-order valence-corrected chi connectivity index (χ0v) is 14.2. The summed E-state index contributed by atoms with van der Waals surface area (Å²) >= 11 is 0. The normalized spacial score (nSPS) is 17.6. The van der Waals surface area contributed by atoms with Gasteiger partial charge in [-0.2, -0.15) is 4.98 Å². The first-order chi connectivity index (χ1) is 10.9. The summed E-state index contributed by atoms with van der Waals surface area (Å²) in [6.07, 6.45) is 6.18. The van der Waals surface area contributed by atoms with E-state index in [1.807, 2.05) is 0 Å². The maximum absolute atomic E-state index is 12.4. The zero-order chi connectivity index (χ0) is 16.7. The van der Waals surface area contributed by atoms with Gasteiger partial charge in [0.05, 0.1) is 0 Å². The summed E-state index contributed by atoms with van der Waals surface area (Å²) in [5, 5.41) is 0. The summed E-state index contributed by atoms with van der Waals surface area (Å²) in [5.74, 6) is 0.523. The number of aryl methyl sites for hydroxylation is 2. The smallest absolute Gasteiger partial charge is 0.332 e. The van der Waals surface area contributed by atoms with Gasteiger partial charge in [0.1, 0.15) is 6.10 Å². The second-order valence-corrected chi connectivity index (χ2v) is 6.55. The summed E-state index contributed by atoms with van der Waals surface area (Å²) in [6.45, 7) is 2.06. The van der Waals surface area contributed by atoms with Crippen LogP contribution in [-0.2, 0) is 21.1 Å². The van der Waals surface area contributed by atoms with Crippen LogP contribution in [0.2, 0.25) is 0 Å². The predicted octanol–water partition coefficient (Wildman–Crippen LogP) is 1.32. The fourth-order valence-electron chi connectivity index (χ4n) is 3.47. The van der Waals surface area contributed by atoms with E-state index in [1.165, 1.54) is 43.7 Å². The molecule has 1 fully saturated rings. The third kappa shape index (κ3) is 2.58. The van der Waals surface area contributed by atoms with Crippen molar-refractivity contribution in [1.29, 1.82) is 0 Å². The molecule has 2 aromatic rings. The minimum absolute atomic E-state index is 0.0479. The van der Waals surface area contributed by atoms with Gasteiger partial charge >= 0.3 is 5.69 Å². The second kappa shape index (κ2) is 5.86. The number of nitrogens with zero attached hydrogens (tertiary/aromatic N) is 4. The van der Waals surface area contributed by atoms with Crippen molar-refractivity contribution in [2.24, 2.45) is 27.1 Å². The Hall–Kier alpha value is -2.05.